The molecule has 0 bridgehead atoms. The lowest BCUT2D eigenvalue weighted by Crippen LogP contribution is -2.28. The van der Waals surface area contributed by atoms with Crippen molar-refractivity contribution in [1.82, 2.24) is 5.01 Å². The van der Waals surface area contributed by atoms with Crippen LogP contribution in [0.15, 0.2) is 24.3 Å². The number of benzene rings is 1. The quantitative estimate of drug-likeness (QED) is 0.784. The van der Waals surface area contributed by atoms with Gasteiger partial charge in [0.25, 0.3) is 0 Å². The number of β-amino-alcohol motifs (C(OH)–C–C–N with tert-alkyl or cyclic N) is 1. The molecule has 2 rings (SSSR count). The van der Waals surface area contributed by atoms with Crippen LogP contribution in [0.3, 0.4) is 0 Å². The summed E-state index contributed by atoms with van der Waals surface area (Å²) in [4.78, 5) is 0. The van der Waals surface area contributed by atoms with Gasteiger partial charge in [-0.3, -0.25) is 0 Å². The van der Waals surface area contributed by atoms with Crippen LogP contribution in [0.25, 0.3) is 0 Å². The topological polar surface area (TPSA) is 35.5 Å². The number of rotatable bonds is 2. The SMILES string of the molecule is OC1CCN(Nc2cccc(Cl)c2)C1. The van der Waals surface area contributed by atoms with Gasteiger partial charge in [-0.15, -0.1) is 0 Å². The molecule has 1 fully saturated rings. The van der Waals surface area contributed by atoms with Gasteiger partial charge in [-0.25, -0.2) is 5.01 Å². The maximum absolute atomic E-state index is 9.32. The van der Waals surface area contributed by atoms with Crippen LogP contribution >= 0.6 is 11.6 Å². The van der Waals surface area contributed by atoms with Crippen LogP contribution in [0.4, 0.5) is 5.69 Å². The number of aliphatic hydroxyl groups excluding tert-OH is 1. The molecule has 1 aromatic carbocycles. The molecule has 0 saturated carbocycles. The van der Waals surface area contributed by atoms with Crippen LogP contribution < -0.4 is 5.43 Å². The average molecular weight is 213 g/mol. The average Bonchev–Trinajstić information content (AvgIpc) is 2.51. The summed E-state index contributed by atoms with van der Waals surface area (Å²) in [5.74, 6) is 0. The summed E-state index contributed by atoms with van der Waals surface area (Å²) in [6, 6.07) is 7.56. The lowest BCUT2D eigenvalue weighted by atomic mass is 10.3. The lowest BCUT2D eigenvalue weighted by molar-refractivity contribution is 0.182. The van der Waals surface area contributed by atoms with E-state index in [4.69, 9.17) is 11.6 Å². The highest BCUT2D eigenvalue weighted by atomic mass is 35.5. The summed E-state index contributed by atoms with van der Waals surface area (Å²) in [5.41, 5.74) is 4.17. The van der Waals surface area contributed by atoms with Gasteiger partial charge >= 0.3 is 0 Å². The minimum atomic E-state index is -0.207. The Labute approximate surface area is 88.3 Å². The number of aliphatic hydroxyl groups is 1. The van der Waals surface area contributed by atoms with E-state index >= 15 is 0 Å². The Morgan fingerprint density at radius 1 is 1.50 bits per heavy atom. The smallest absolute Gasteiger partial charge is 0.0698 e. The van der Waals surface area contributed by atoms with E-state index in [2.05, 4.69) is 5.43 Å². The van der Waals surface area contributed by atoms with E-state index < -0.39 is 0 Å². The summed E-state index contributed by atoms with van der Waals surface area (Å²) >= 11 is 5.85. The van der Waals surface area contributed by atoms with Gasteiger partial charge in [0.15, 0.2) is 0 Å². The van der Waals surface area contributed by atoms with Crippen LogP contribution in [-0.4, -0.2) is 29.3 Å². The maximum Gasteiger partial charge on any atom is 0.0698 e. The first-order chi connectivity index (χ1) is 6.74. The molecule has 76 valence electrons. The normalized spacial score (nSPS) is 22.6. The predicted octanol–water partition coefficient (Wildman–Crippen LogP) is 1.73. The van der Waals surface area contributed by atoms with E-state index in [1.807, 2.05) is 29.3 Å². The predicted molar refractivity (Wildman–Crippen MR) is 57.3 cm³/mol. The van der Waals surface area contributed by atoms with Gasteiger partial charge in [0, 0.05) is 18.1 Å². The molecule has 1 aliphatic heterocycles. The second-order valence-electron chi connectivity index (χ2n) is 3.51. The van der Waals surface area contributed by atoms with Crippen molar-refractivity contribution in [3.63, 3.8) is 0 Å². The molecule has 4 heteroatoms. The van der Waals surface area contributed by atoms with E-state index in [0.717, 1.165) is 23.7 Å². The molecule has 0 amide bonds. The Morgan fingerprint density at radius 3 is 3.00 bits per heavy atom. The minimum absolute atomic E-state index is 0.207. The zero-order valence-electron chi connectivity index (χ0n) is 7.78. The van der Waals surface area contributed by atoms with Crippen LogP contribution in [0.2, 0.25) is 5.02 Å². The van der Waals surface area contributed by atoms with Gasteiger partial charge in [0.05, 0.1) is 11.8 Å². The Balaban J connectivity index is 1.97. The molecule has 1 saturated heterocycles. The fourth-order valence-electron chi connectivity index (χ4n) is 1.58. The van der Waals surface area contributed by atoms with Gasteiger partial charge in [0.2, 0.25) is 0 Å². The molecule has 2 N–H and O–H groups in total. The van der Waals surface area contributed by atoms with Crippen LogP contribution in [0.5, 0.6) is 0 Å². The molecule has 1 unspecified atom stereocenters. The third kappa shape index (κ3) is 2.38. The number of hydrazine groups is 1. The molecule has 0 spiro atoms. The molecule has 0 aromatic heterocycles. The van der Waals surface area contributed by atoms with E-state index in [0.29, 0.717) is 6.54 Å². The molecule has 1 atom stereocenters. The highest BCUT2D eigenvalue weighted by molar-refractivity contribution is 6.30. The Bertz CT molecular complexity index is 319. The number of hydrogen-bond acceptors (Lipinski definition) is 3. The number of anilines is 1. The fraction of sp³-hybridized carbons (Fsp3) is 0.400. The summed E-state index contributed by atoms with van der Waals surface area (Å²) < 4.78 is 0. The second-order valence-corrected chi connectivity index (χ2v) is 3.95. The van der Waals surface area contributed by atoms with E-state index in [-0.39, 0.29) is 6.10 Å². The highest BCUT2D eigenvalue weighted by Gasteiger charge is 2.19. The Morgan fingerprint density at radius 2 is 2.36 bits per heavy atom. The first kappa shape index (κ1) is 9.77. The van der Waals surface area contributed by atoms with Crippen LogP contribution in [-0.2, 0) is 0 Å². The Kier molecular flexibility index (Phi) is 2.91. The van der Waals surface area contributed by atoms with Crippen molar-refractivity contribution in [2.45, 2.75) is 12.5 Å². The first-order valence-electron chi connectivity index (χ1n) is 4.69. The van der Waals surface area contributed by atoms with E-state index in [9.17, 15) is 5.11 Å². The van der Waals surface area contributed by atoms with Crippen LogP contribution in [0.1, 0.15) is 6.42 Å². The summed E-state index contributed by atoms with van der Waals surface area (Å²) in [5, 5.41) is 12.0. The van der Waals surface area contributed by atoms with Gasteiger partial charge in [0.1, 0.15) is 0 Å². The number of hydrogen-bond donors (Lipinski definition) is 2. The van der Waals surface area contributed by atoms with Crippen molar-refractivity contribution in [3.05, 3.63) is 29.3 Å². The van der Waals surface area contributed by atoms with Crippen LogP contribution in [0, 0.1) is 0 Å². The largest absolute Gasteiger partial charge is 0.392 e. The molecule has 0 radical (unpaired) electrons. The van der Waals surface area contributed by atoms with Crippen molar-refractivity contribution < 1.29 is 5.11 Å². The van der Waals surface area contributed by atoms with Gasteiger partial charge < -0.3 is 10.5 Å². The third-order valence-electron chi connectivity index (χ3n) is 2.28. The number of nitrogens with one attached hydrogen (secondary N) is 1. The molecule has 1 aliphatic rings. The standard InChI is InChI=1S/C10H13ClN2O/c11-8-2-1-3-9(6-8)12-13-5-4-10(14)7-13/h1-3,6,10,12,14H,4-5,7H2. The van der Waals surface area contributed by atoms with Crippen molar-refractivity contribution >= 4 is 17.3 Å². The minimum Gasteiger partial charge on any atom is -0.392 e. The zero-order valence-corrected chi connectivity index (χ0v) is 8.54. The maximum atomic E-state index is 9.32. The fourth-order valence-corrected chi connectivity index (χ4v) is 1.77. The molecular formula is C10H13ClN2O. The van der Waals surface area contributed by atoms with Crippen molar-refractivity contribution in [1.29, 1.82) is 0 Å². The number of nitrogens with zero attached hydrogens (tertiary/aromatic N) is 1. The van der Waals surface area contributed by atoms with Gasteiger partial charge in [-0.2, -0.15) is 0 Å². The molecule has 1 heterocycles. The van der Waals surface area contributed by atoms with E-state index in [1.165, 1.54) is 0 Å². The first-order valence-corrected chi connectivity index (χ1v) is 5.07. The second kappa shape index (κ2) is 4.17. The van der Waals surface area contributed by atoms with Crippen molar-refractivity contribution in [3.8, 4) is 0 Å². The zero-order chi connectivity index (χ0) is 9.97. The highest BCUT2D eigenvalue weighted by Crippen LogP contribution is 2.17. The molecule has 3 nitrogen and oxygen atoms in total. The Hall–Kier alpha value is -0.770. The lowest BCUT2D eigenvalue weighted by Gasteiger charge is -2.17. The molecule has 14 heavy (non-hydrogen) atoms. The monoisotopic (exact) mass is 212 g/mol. The summed E-state index contributed by atoms with van der Waals surface area (Å²) in [7, 11) is 0. The molecular weight excluding hydrogens is 200 g/mol. The number of halogens is 1. The van der Waals surface area contributed by atoms with E-state index in [1.54, 1.807) is 0 Å². The third-order valence-corrected chi connectivity index (χ3v) is 2.51. The van der Waals surface area contributed by atoms with Crippen molar-refractivity contribution in [2.24, 2.45) is 0 Å². The summed E-state index contributed by atoms with van der Waals surface area (Å²) in [6.45, 7) is 1.54. The summed E-state index contributed by atoms with van der Waals surface area (Å²) in [6.07, 6.45) is 0.620. The van der Waals surface area contributed by atoms with Crippen molar-refractivity contribution in [2.75, 3.05) is 18.5 Å². The molecule has 1 aromatic rings. The molecule has 0 aliphatic carbocycles. The van der Waals surface area contributed by atoms with Gasteiger partial charge in [-0.05, 0) is 24.6 Å². The van der Waals surface area contributed by atoms with Gasteiger partial charge in [-0.1, -0.05) is 17.7 Å².